The van der Waals surface area contributed by atoms with Crippen molar-refractivity contribution in [2.24, 2.45) is 0 Å². The Hall–Kier alpha value is -1.23. The van der Waals surface area contributed by atoms with E-state index in [1.807, 2.05) is 0 Å². The molecule has 0 unspecified atom stereocenters. The van der Waals surface area contributed by atoms with Crippen molar-refractivity contribution in [3.05, 3.63) is 57.0 Å². The molecule has 2 rings (SSSR count). The number of hydrogen-bond donors (Lipinski definition) is 0. The first-order valence-electron chi connectivity index (χ1n) is 5.59. The number of benzene rings is 2. The number of esters is 1. The van der Waals surface area contributed by atoms with Crippen LogP contribution in [-0.4, -0.2) is 12.6 Å². The molecule has 0 aliphatic rings. The van der Waals surface area contributed by atoms with E-state index < -0.39 is 5.97 Å². The van der Waals surface area contributed by atoms with Crippen molar-refractivity contribution in [3.8, 4) is 11.5 Å². The molecule has 0 bridgehead atoms. The highest BCUT2D eigenvalue weighted by Crippen LogP contribution is 2.27. The zero-order valence-electron chi connectivity index (χ0n) is 10.1. The summed E-state index contributed by atoms with van der Waals surface area (Å²) < 4.78 is 11.3. The van der Waals surface area contributed by atoms with E-state index in [9.17, 15) is 4.79 Å². The molecule has 2 aromatic carbocycles. The van der Waals surface area contributed by atoms with Gasteiger partial charge in [0.2, 0.25) is 0 Å². The average Bonchev–Trinajstić information content (AvgIpc) is 2.40. The van der Waals surface area contributed by atoms with E-state index in [4.69, 9.17) is 32.7 Å². The summed E-state index contributed by atoms with van der Waals surface area (Å²) in [5.74, 6) is 0.311. The van der Waals surface area contributed by atoms with Gasteiger partial charge in [0, 0.05) is 9.50 Å². The van der Waals surface area contributed by atoms with Crippen LogP contribution in [0.15, 0.2) is 46.9 Å². The monoisotopic (exact) mass is 374 g/mol. The van der Waals surface area contributed by atoms with Gasteiger partial charge in [0.05, 0.1) is 5.02 Å². The van der Waals surface area contributed by atoms with Gasteiger partial charge >= 0.3 is 5.97 Å². The van der Waals surface area contributed by atoms with Crippen molar-refractivity contribution in [1.82, 2.24) is 0 Å². The van der Waals surface area contributed by atoms with Crippen molar-refractivity contribution in [3.63, 3.8) is 0 Å². The second-order valence-electron chi connectivity index (χ2n) is 3.79. The summed E-state index contributed by atoms with van der Waals surface area (Å²) in [6, 6.07) is 11.7. The normalized spacial score (nSPS) is 10.2. The smallest absolute Gasteiger partial charge is 0.349 e. The molecule has 20 heavy (non-hydrogen) atoms. The molecule has 104 valence electrons. The Morgan fingerprint density at radius 1 is 1.10 bits per heavy atom. The van der Waals surface area contributed by atoms with Crippen molar-refractivity contribution < 1.29 is 14.3 Å². The van der Waals surface area contributed by atoms with Gasteiger partial charge in [0.1, 0.15) is 11.5 Å². The van der Waals surface area contributed by atoms with Gasteiger partial charge in [-0.3, -0.25) is 0 Å². The molecular weight excluding hydrogens is 367 g/mol. The molecule has 0 amide bonds. The van der Waals surface area contributed by atoms with Gasteiger partial charge in [0.25, 0.3) is 0 Å². The van der Waals surface area contributed by atoms with E-state index in [2.05, 4.69) is 15.9 Å². The first kappa shape index (κ1) is 15.2. The minimum atomic E-state index is -0.515. The lowest BCUT2D eigenvalue weighted by molar-refractivity contribution is -0.136. The molecule has 0 radical (unpaired) electrons. The number of rotatable bonds is 4. The third-order valence-corrected chi connectivity index (χ3v) is 3.34. The SMILES string of the molecule is O=C(COc1ccc(Cl)cc1Cl)Oc1ccc(Br)cc1. The average molecular weight is 376 g/mol. The van der Waals surface area contributed by atoms with Gasteiger partial charge in [-0.2, -0.15) is 0 Å². The topological polar surface area (TPSA) is 35.5 Å². The molecule has 0 spiro atoms. The Bertz CT molecular complexity index is 614. The Labute approximate surface area is 134 Å². The van der Waals surface area contributed by atoms with Crippen LogP contribution in [0.1, 0.15) is 0 Å². The number of ether oxygens (including phenoxy) is 2. The van der Waals surface area contributed by atoms with Crippen molar-refractivity contribution in [1.29, 1.82) is 0 Å². The molecule has 6 heteroatoms. The fraction of sp³-hybridized carbons (Fsp3) is 0.0714. The lowest BCUT2D eigenvalue weighted by Gasteiger charge is -2.08. The van der Waals surface area contributed by atoms with Gasteiger partial charge in [-0.25, -0.2) is 4.79 Å². The standard InChI is InChI=1S/C14H9BrCl2O3/c15-9-1-4-11(5-2-9)20-14(18)8-19-13-6-3-10(16)7-12(13)17/h1-7H,8H2. The Balaban J connectivity index is 1.90. The lowest BCUT2D eigenvalue weighted by atomic mass is 10.3. The molecule has 2 aromatic rings. The van der Waals surface area contributed by atoms with Crippen LogP contribution in [0.25, 0.3) is 0 Å². The van der Waals surface area contributed by atoms with Crippen LogP contribution < -0.4 is 9.47 Å². The van der Waals surface area contributed by atoms with E-state index >= 15 is 0 Å². The van der Waals surface area contributed by atoms with E-state index in [1.54, 1.807) is 42.5 Å². The van der Waals surface area contributed by atoms with E-state index in [1.165, 1.54) is 0 Å². The van der Waals surface area contributed by atoms with Gasteiger partial charge in [0.15, 0.2) is 6.61 Å². The van der Waals surface area contributed by atoms with Gasteiger partial charge in [-0.05, 0) is 42.5 Å². The minimum absolute atomic E-state index is 0.239. The predicted octanol–water partition coefficient (Wildman–Crippen LogP) is 4.74. The quantitative estimate of drug-likeness (QED) is 0.571. The Morgan fingerprint density at radius 3 is 2.45 bits per heavy atom. The van der Waals surface area contributed by atoms with Crippen molar-refractivity contribution >= 4 is 45.1 Å². The maximum atomic E-state index is 11.6. The molecule has 3 nitrogen and oxygen atoms in total. The number of halogens is 3. The maximum absolute atomic E-state index is 11.6. The molecule has 0 aromatic heterocycles. The van der Waals surface area contributed by atoms with E-state index in [0.29, 0.717) is 21.5 Å². The molecule has 0 aliphatic heterocycles. The fourth-order valence-corrected chi connectivity index (χ4v) is 2.12. The third kappa shape index (κ3) is 4.40. The number of carbonyl (C=O) groups excluding carboxylic acids is 1. The second kappa shape index (κ2) is 6.97. The molecule has 0 N–H and O–H groups in total. The van der Waals surface area contributed by atoms with Gasteiger partial charge in [-0.1, -0.05) is 39.1 Å². The summed E-state index contributed by atoms with van der Waals surface area (Å²) >= 11 is 15.0. The van der Waals surface area contributed by atoms with Gasteiger partial charge in [-0.15, -0.1) is 0 Å². The van der Waals surface area contributed by atoms with Crippen LogP contribution in [0, 0.1) is 0 Å². The minimum Gasteiger partial charge on any atom is -0.480 e. The highest BCUT2D eigenvalue weighted by molar-refractivity contribution is 9.10. The second-order valence-corrected chi connectivity index (χ2v) is 5.55. The molecule has 0 heterocycles. The molecule has 0 saturated carbocycles. The summed E-state index contributed by atoms with van der Waals surface area (Å²) in [5.41, 5.74) is 0. The molecule has 0 fully saturated rings. The van der Waals surface area contributed by atoms with Crippen LogP contribution in [0.5, 0.6) is 11.5 Å². The van der Waals surface area contributed by atoms with Crippen LogP contribution in [-0.2, 0) is 4.79 Å². The Morgan fingerprint density at radius 2 is 1.80 bits per heavy atom. The van der Waals surface area contributed by atoms with Crippen LogP contribution >= 0.6 is 39.1 Å². The first-order chi connectivity index (χ1) is 9.54. The van der Waals surface area contributed by atoms with Crippen LogP contribution in [0.4, 0.5) is 0 Å². The van der Waals surface area contributed by atoms with Crippen molar-refractivity contribution in [2.45, 2.75) is 0 Å². The number of hydrogen-bond acceptors (Lipinski definition) is 3. The third-order valence-electron chi connectivity index (χ3n) is 2.28. The maximum Gasteiger partial charge on any atom is 0.349 e. The molecular formula is C14H9BrCl2O3. The summed E-state index contributed by atoms with van der Waals surface area (Å²) in [6.45, 7) is -0.239. The summed E-state index contributed by atoms with van der Waals surface area (Å²) in [4.78, 5) is 11.6. The van der Waals surface area contributed by atoms with Gasteiger partial charge < -0.3 is 9.47 Å². The predicted molar refractivity (Wildman–Crippen MR) is 81.7 cm³/mol. The van der Waals surface area contributed by atoms with E-state index in [-0.39, 0.29) is 6.61 Å². The van der Waals surface area contributed by atoms with E-state index in [0.717, 1.165) is 4.47 Å². The number of carbonyl (C=O) groups is 1. The Kier molecular flexibility index (Phi) is 5.29. The highest BCUT2D eigenvalue weighted by atomic mass is 79.9. The van der Waals surface area contributed by atoms with Crippen molar-refractivity contribution in [2.75, 3.05) is 6.61 Å². The zero-order chi connectivity index (χ0) is 14.5. The summed E-state index contributed by atoms with van der Waals surface area (Å²) in [6.07, 6.45) is 0. The fourth-order valence-electron chi connectivity index (χ4n) is 1.39. The highest BCUT2D eigenvalue weighted by Gasteiger charge is 2.08. The largest absolute Gasteiger partial charge is 0.480 e. The van der Waals surface area contributed by atoms with Crippen LogP contribution in [0.2, 0.25) is 10.0 Å². The van der Waals surface area contributed by atoms with Crippen LogP contribution in [0.3, 0.4) is 0 Å². The zero-order valence-corrected chi connectivity index (χ0v) is 13.2. The molecule has 0 saturated heterocycles. The lowest BCUT2D eigenvalue weighted by Crippen LogP contribution is -2.17. The summed E-state index contributed by atoms with van der Waals surface area (Å²) in [5, 5.41) is 0.841. The first-order valence-corrected chi connectivity index (χ1v) is 7.13. The molecule has 0 aliphatic carbocycles. The summed E-state index contributed by atoms with van der Waals surface area (Å²) in [7, 11) is 0. The molecule has 0 atom stereocenters.